The quantitative estimate of drug-likeness (QED) is 0.530. The van der Waals surface area contributed by atoms with E-state index in [0.29, 0.717) is 11.3 Å². The Bertz CT molecular complexity index is 624. The first-order valence-corrected chi connectivity index (χ1v) is 5.63. The van der Waals surface area contributed by atoms with E-state index in [-0.39, 0.29) is 16.8 Å². The van der Waals surface area contributed by atoms with Crippen molar-refractivity contribution in [3.05, 3.63) is 58.9 Å². The highest BCUT2D eigenvalue weighted by molar-refractivity contribution is 6.29. The molecular formula is C12H9ClFN5. The van der Waals surface area contributed by atoms with Crippen LogP contribution in [0.15, 0.2) is 46.9 Å². The normalized spacial score (nSPS) is 12.0. The minimum atomic E-state index is -0.311. The third-order valence-corrected chi connectivity index (χ3v) is 2.29. The van der Waals surface area contributed by atoms with E-state index in [1.165, 1.54) is 30.7 Å². The second-order valence-electron chi connectivity index (χ2n) is 3.51. The number of benzene rings is 1. The summed E-state index contributed by atoms with van der Waals surface area (Å²) in [4.78, 5) is 7.77. The lowest BCUT2D eigenvalue weighted by atomic mass is 10.2. The Morgan fingerprint density at radius 2 is 2.00 bits per heavy atom. The van der Waals surface area contributed by atoms with E-state index in [0.717, 1.165) is 0 Å². The standard InChI is InChI=1S/C12H9ClFN5/c13-11-7-16-6-10(18-11)12(15)19-17-5-8-1-3-9(14)4-2-8/h1-7H,(H2,15,19). The lowest BCUT2D eigenvalue weighted by Crippen LogP contribution is -2.15. The highest BCUT2D eigenvalue weighted by atomic mass is 35.5. The Morgan fingerprint density at radius 1 is 1.26 bits per heavy atom. The second kappa shape index (κ2) is 6.01. The molecule has 0 amide bonds. The largest absolute Gasteiger partial charge is 0.380 e. The third kappa shape index (κ3) is 3.82. The summed E-state index contributed by atoms with van der Waals surface area (Å²) in [5.41, 5.74) is 6.71. The van der Waals surface area contributed by atoms with Crippen molar-refractivity contribution in [2.75, 3.05) is 0 Å². The molecule has 0 saturated heterocycles. The maximum absolute atomic E-state index is 12.7. The van der Waals surface area contributed by atoms with Crippen LogP contribution in [0.5, 0.6) is 0 Å². The molecule has 1 aromatic heterocycles. The molecule has 5 nitrogen and oxygen atoms in total. The molecule has 2 N–H and O–H groups in total. The summed E-state index contributed by atoms with van der Waals surface area (Å²) in [5, 5.41) is 7.76. The van der Waals surface area contributed by atoms with Crippen molar-refractivity contribution in [1.82, 2.24) is 9.97 Å². The topological polar surface area (TPSA) is 76.5 Å². The fourth-order valence-electron chi connectivity index (χ4n) is 1.22. The fraction of sp³-hybridized carbons (Fsp3) is 0. The van der Waals surface area contributed by atoms with Crippen LogP contribution in [0.4, 0.5) is 4.39 Å². The third-order valence-electron chi connectivity index (χ3n) is 2.11. The van der Waals surface area contributed by atoms with Crippen LogP contribution in [0.2, 0.25) is 5.15 Å². The molecule has 0 fully saturated rings. The molecule has 1 heterocycles. The monoisotopic (exact) mass is 277 g/mol. The van der Waals surface area contributed by atoms with Gasteiger partial charge in [-0.05, 0) is 17.7 Å². The van der Waals surface area contributed by atoms with Crippen LogP contribution in [0.3, 0.4) is 0 Å². The van der Waals surface area contributed by atoms with Crippen molar-refractivity contribution < 1.29 is 4.39 Å². The van der Waals surface area contributed by atoms with Gasteiger partial charge in [0.25, 0.3) is 0 Å². The van der Waals surface area contributed by atoms with E-state index in [2.05, 4.69) is 20.2 Å². The van der Waals surface area contributed by atoms with Gasteiger partial charge in [0.1, 0.15) is 16.7 Å². The van der Waals surface area contributed by atoms with E-state index in [4.69, 9.17) is 17.3 Å². The molecule has 2 aromatic rings. The van der Waals surface area contributed by atoms with E-state index in [1.54, 1.807) is 12.1 Å². The van der Waals surface area contributed by atoms with Gasteiger partial charge in [-0.3, -0.25) is 4.98 Å². The van der Waals surface area contributed by atoms with Gasteiger partial charge >= 0.3 is 0 Å². The maximum atomic E-state index is 12.7. The van der Waals surface area contributed by atoms with Crippen LogP contribution in [-0.2, 0) is 0 Å². The summed E-state index contributed by atoms with van der Waals surface area (Å²) in [6.45, 7) is 0. The van der Waals surface area contributed by atoms with Crippen LogP contribution in [0.1, 0.15) is 11.3 Å². The molecule has 0 bridgehead atoms. The SMILES string of the molecule is NC(=NN=Cc1ccc(F)cc1)c1cncc(Cl)n1. The minimum Gasteiger partial charge on any atom is -0.380 e. The molecule has 0 aliphatic rings. The number of aromatic nitrogens is 2. The molecule has 0 unspecified atom stereocenters. The molecule has 1 aromatic carbocycles. The number of hydrogen-bond donors (Lipinski definition) is 1. The van der Waals surface area contributed by atoms with Crippen molar-refractivity contribution in [2.24, 2.45) is 15.9 Å². The summed E-state index contributed by atoms with van der Waals surface area (Å²) >= 11 is 5.68. The van der Waals surface area contributed by atoms with Gasteiger partial charge in [0.05, 0.1) is 18.6 Å². The van der Waals surface area contributed by atoms with Gasteiger partial charge < -0.3 is 5.73 Å². The molecule has 0 radical (unpaired) electrons. The molecule has 0 aliphatic carbocycles. The number of nitrogens with two attached hydrogens (primary N) is 1. The van der Waals surface area contributed by atoms with Gasteiger partial charge in [0.2, 0.25) is 0 Å². The zero-order chi connectivity index (χ0) is 13.7. The van der Waals surface area contributed by atoms with E-state index in [9.17, 15) is 4.39 Å². The van der Waals surface area contributed by atoms with E-state index in [1.807, 2.05) is 0 Å². The summed E-state index contributed by atoms with van der Waals surface area (Å²) in [6.07, 6.45) is 4.27. The van der Waals surface area contributed by atoms with Crippen LogP contribution in [-0.4, -0.2) is 22.0 Å². The van der Waals surface area contributed by atoms with Crippen LogP contribution >= 0.6 is 11.6 Å². The Labute approximate surface area is 113 Å². The Balaban J connectivity index is 2.11. The highest BCUT2D eigenvalue weighted by Crippen LogP contribution is 2.03. The highest BCUT2D eigenvalue weighted by Gasteiger charge is 2.01. The van der Waals surface area contributed by atoms with Gasteiger partial charge in [-0.25, -0.2) is 9.37 Å². The fourth-order valence-corrected chi connectivity index (χ4v) is 1.37. The first-order chi connectivity index (χ1) is 9.15. The number of rotatable bonds is 3. The van der Waals surface area contributed by atoms with Crippen molar-refractivity contribution in [3.63, 3.8) is 0 Å². The Hall–Kier alpha value is -2.34. The molecule has 2 rings (SSSR count). The van der Waals surface area contributed by atoms with Crippen LogP contribution in [0, 0.1) is 5.82 Å². The average molecular weight is 278 g/mol. The van der Waals surface area contributed by atoms with E-state index >= 15 is 0 Å². The maximum Gasteiger partial charge on any atom is 0.173 e. The van der Waals surface area contributed by atoms with Crippen molar-refractivity contribution in [3.8, 4) is 0 Å². The summed E-state index contributed by atoms with van der Waals surface area (Å²) < 4.78 is 12.7. The van der Waals surface area contributed by atoms with Gasteiger partial charge in [-0.1, -0.05) is 23.7 Å². The van der Waals surface area contributed by atoms with Gasteiger partial charge in [0, 0.05) is 0 Å². The van der Waals surface area contributed by atoms with Crippen LogP contribution < -0.4 is 5.73 Å². The van der Waals surface area contributed by atoms with Gasteiger partial charge in [0.15, 0.2) is 5.84 Å². The number of amidine groups is 1. The summed E-state index contributed by atoms with van der Waals surface area (Å²) in [5.74, 6) is -0.220. The minimum absolute atomic E-state index is 0.0911. The van der Waals surface area contributed by atoms with Gasteiger partial charge in [-0.15, -0.1) is 5.10 Å². The van der Waals surface area contributed by atoms with Crippen LogP contribution in [0.25, 0.3) is 0 Å². The van der Waals surface area contributed by atoms with Crippen molar-refractivity contribution in [1.29, 1.82) is 0 Å². The summed E-state index contributed by atoms with van der Waals surface area (Å²) in [7, 11) is 0. The smallest absolute Gasteiger partial charge is 0.173 e. The van der Waals surface area contributed by atoms with E-state index < -0.39 is 0 Å². The molecule has 19 heavy (non-hydrogen) atoms. The predicted octanol–water partition coefficient (Wildman–Crippen LogP) is 2.01. The predicted molar refractivity (Wildman–Crippen MR) is 71.8 cm³/mol. The number of hydrogen-bond acceptors (Lipinski definition) is 4. The lowest BCUT2D eigenvalue weighted by Gasteiger charge is -1.96. The second-order valence-corrected chi connectivity index (χ2v) is 3.90. The van der Waals surface area contributed by atoms with Crippen molar-refractivity contribution in [2.45, 2.75) is 0 Å². The Morgan fingerprint density at radius 3 is 2.68 bits per heavy atom. The molecule has 0 atom stereocenters. The van der Waals surface area contributed by atoms with Crippen molar-refractivity contribution >= 4 is 23.7 Å². The molecular weight excluding hydrogens is 269 g/mol. The first kappa shape index (κ1) is 13.1. The zero-order valence-electron chi connectivity index (χ0n) is 9.66. The molecule has 0 saturated carbocycles. The molecule has 7 heteroatoms. The number of nitrogens with zero attached hydrogens (tertiary/aromatic N) is 4. The number of halogens is 2. The lowest BCUT2D eigenvalue weighted by molar-refractivity contribution is 0.628. The zero-order valence-corrected chi connectivity index (χ0v) is 10.4. The molecule has 0 spiro atoms. The molecule has 96 valence electrons. The molecule has 0 aliphatic heterocycles. The average Bonchev–Trinajstić information content (AvgIpc) is 2.41. The van der Waals surface area contributed by atoms with Gasteiger partial charge in [-0.2, -0.15) is 5.10 Å². The Kier molecular flexibility index (Phi) is 4.15. The first-order valence-electron chi connectivity index (χ1n) is 5.25. The summed E-state index contributed by atoms with van der Waals surface area (Å²) in [6, 6.07) is 5.81.